The minimum absolute atomic E-state index is 0.648. The number of nitrogens with one attached hydrogen (secondary N) is 1. The van der Waals surface area contributed by atoms with Crippen molar-refractivity contribution in [2.24, 2.45) is 0 Å². The van der Waals surface area contributed by atoms with Gasteiger partial charge in [-0.2, -0.15) is 0 Å². The molecule has 2 heterocycles. The molecule has 3 heteroatoms. The fourth-order valence-electron chi connectivity index (χ4n) is 3.70. The smallest absolute Gasteiger partial charge is 0.0428 e. The molecule has 3 nitrogen and oxygen atoms in total. The molecule has 0 bridgehead atoms. The Balaban J connectivity index is 1.60. The molecule has 0 saturated carbocycles. The summed E-state index contributed by atoms with van der Waals surface area (Å²) < 4.78 is 0. The molecule has 20 heavy (non-hydrogen) atoms. The highest BCUT2D eigenvalue weighted by Gasteiger charge is 2.35. The first-order valence-electron chi connectivity index (χ1n) is 7.96. The quantitative estimate of drug-likeness (QED) is 0.910. The average molecular weight is 273 g/mol. The molecule has 2 fully saturated rings. The maximum Gasteiger partial charge on any atom is 0.0428 e. The Labute approximate surface area is 123 Å². The van der Waals surface area contributed by atoms with Crippen LogP contribution in [-0.4, -0.2) is 49.1 Å². The van der Waals surface area contributed by atoms with Crippen molar-refractivity contribution >= 4 is 5.69 Å². The second-order valence-electron chi connectivity index (χ2n) is 6.57. The van der Waals surface area contributed by atoms with Crippen LogP contribution in [0.3, 0.4) is 0 Å². The summed E-state index contributed by atoms with van der Waals surface area (Å²) in [6.45, 7) is 3.60. The Morgan fingerprint density at radius 2 is 1.90 bits per heavy atom. The molecule has 1 aromatic carbocycles. The third-order valence-electron chi connectivity index (χ3n) is 4.66. The van der Waals surface area contributed by atoms with Gasteiger partial charge in [-0.25, -0.2) is 0 Å². The van der Waals surface area contributed by atoms with Crippen LogP contribution in [0.1, 0.15) is 31.2 Å². The van der Waals surface area contributed by atoms with Crippen LogP contribution in [0, 0.1) is 0 Å². The maximum atomic E-state index is 3.77. The summed E-state index contributed by atoms with van der Waals surface area (Å²) in [7, 11) is 4.23. The van der Waals surface area contributed by atoms with Crippen molar-refractivity contribution in [3.63, 3.8) is 0 Å². The molecule has 1 N–H and O–H groups in total. The SMILES string of the molecule is CN(C)Cc1ccc(NC2CCN3CCCCC23)cc1. The Hall–Kier alpha value is -1.06. The van der Waals surface area contributed by atoms with Crippen molar-refractivity contribution < 1.29 is 0 Å². The summed E-state index contributed by atoms with van der Waals surface area (Å²) in [5, 5.41) is 3.77. The van der Waals surface area contributed by atoms with Crippen LogP contribution >= 0.6 is 0 Å². The van der Waals surface area contributed by atoms with Gasteiger partial charge in [-0.15, -0.1) is 0 Å². The third-order valence-corrected chi connectivity index (χ3v) is 4.66. The average Bonchev–Trinajstić information content (AvgIpc) is 2.84. The van der Waals surface area contributed by atoms with Crippen molar-refractivity contribution in [3.8, 4) is 0 Å². The summed E-state index contributed by atoms with van der Waals surface area (Å²) in [6.07, 6.45) is 5.46. The zero-order valence-electron chi connectivity index (χ0n) is 12.8. The monoisotopic (exact) mass is 273 g/mol. The van der Waals surface area contributed by atoms with Gasteiger partial charge >= 0.3 is 0 Å². The molecule has 2 aliphatic heterocycles. The largest absolute Gasteiger partial charge is 0.381 e. The molecule has 0 aromatic heterocycles. The number of hydrogen-bond acceptors (Lipinski definition) is 3. The van der Waals surface area contributed by atoms with E-state index in [2.05, 4.69) is 53.5 Å². The minimum Gasteiger partial charge on any atom is -0.381 e. The molecule has 110 valence electrons. The number of piperidine rings is 1. The lowest BCUT2D eigenvalue weighted by molar-refractivity contribution is 0.193. The van der Waals surface area contributed by atoms with Crippen LogP contribution in [0.15, 0.2) is 24.3 Å². The molecule has 0 spiro atoms. The molecule has 2 atom stereocenters. The lowest BCUT2D eigenvalue weighted by Crippen LogP contribution is -2.41. The van der Waals surface area contributed by atoms with Crippen molar-refractivity contribution in [2.75, 3.05) is 32.5 Å². The van der Waals surface area contributed by atoms with Gasteiger partial charge < -0.3 is 10.2 Å². The van der Waals surface area contributed by atoms with E-state index in [1.54, 1.807) is 0 Å². The van der Waals surface area contributed by atoms with Gasteiger partial charge in [0.15, 0.2) is 0 Å². The first-order valence-corrected chi connectivity index (χ1v) is 7.96. The van der Waals surface area contributed by atoms with Gasteiger partial charge in [0.25, 0.3) is 0 Å². The molecule has 2 aliphatic rings. The maximum absolute atomic E-state index is 3.77. The summed E-state index contributed by atoms with van der Waals surface area (Å²) in [4.78, 5) is 4.89. The molecule has 0 radical (unpaired) electrons. The Morgan fingerprint density at radius 3 is 2.65 bits per heavy atom. The van der Waals surface area contributed by atoms with Gasteiger partial charge in [-0.1, -0.05) is 18.6 Å². The number of anilines is 1. The highest BCUT2D eigenvalue weighted by atomic mass is 15.2. The molecule has 0 aliphatic carbocycles. The van der Waals surface area contributed by atoms with Gasteiger partial charge in [-0.05, 0) is 57.6 Å². The zero-order valence-corrected chi connectivity index (χ0v) is 12.8. The van der Waals surface area contributed by atoms with E-state index < -0.39 is 0 Å². The Kier molecular flexibility index (Phi) is 4.27. The fourth-order valence-corrected chi connectivity index (χ4v) is 3.70. The molecule has 1 aromatic rings. The van der Waals surface area contributed by atoms with Crippen molar-refractivity contribution in [2.45, 2.75) is 44.3 Å². The highest BCUT2D eigenvalue weighted by molar-refractivity contribution is 5.46. The van der Waals surface area contributed by atoms with E-state index >= 15 is 0 Å². The molecule has 3 rings (SSSR count). The lowest BCUT2D eigenvalue weighted by atomic mass is 9.99. The molecule has 2 saturated heterocycles. The van der Waals surface area contributed by atoms with Crippen LogP contribution in [0.2, 0.25) is 0 Å². The predicted octanol–water partition coefficient (Wildman–Crippen LogP) is 2.79. The van der Waals surface area contributed by atoms with Crippen LogP contribution < -0.4 is 5.32 Å². The summed E-state index contributed by atoms with van der Waals surface area (Å²) in [5.74, 6) is 0. The fraction of sp³-hybridized carbons (Fsp3) is 0.647. The normalized spacial score (nSPS) is 26.8. The van der Waals surface area contributed by atoms with Crippen LogP contribution in [-0.2, 0) is 6.54 Å². The van der Waals surface area contributed by atoms with Crippen molar-refractivity contribution in [1.29, 1.82) is 0 Å². The summed E-state index contributed by atoms with van der Waals surface area (Å²) in [6, 6.07) is 10.4. The number of nitrogens with zero attached hydrogens (tertiary/aromatic N) is 2. The van der Waals surface area contributed by atoms with E-state index in [1.807, 2.05) is 0 Å². The predicted molar refractivity (Wildman–Crippen MR) is 85.1 cm³/mol. The zero-order chi connectivity index (χ0) is 13.9. The first-order chi connectivity index (χ1) is 9.72. The molecular formula is C17H27N3. The topological polar surface area (TPSA) is 18.5 Å². The molecule has 0 amide bonds. The van der Waals surface area contributed by atoms with Crippen molar-refractivity contribution in [1.82, 2.24) is 9.80 Å². The second kappa shape index (κ2) is 6.15. The van der Waals surface area contributed by atoms with E-state index in [0.29, 0.717) is 6.04 Å². The van der Waals surface area contributed by atoms with E-state index in [1.165, 1.54) is 50.0 Å². The standard InChI is InChI=1S/C17H27N3/c1-19(2)13-14-6-8-15(9-7-14)18-16-10-12-20-11-4-3-5-17(16)20/h6-9,16-18H,3-5,10-13H2,1-2H3. The first kappa shape index (κ1) is 13.9. The Bertz CT molecular complexity index is 426. The van der Waals surface area contributed by atoms with Crippen LogP contribution in [0.4, 0.5) is 5.69 Å². The van der Waals surface area contributed by atoms with E-state index in [-0.39, 0.29) is 0 Å². The number of benzene rings is 1. The van der Waals surface area contributed by atoms with Crippen LogP contribution in [0.5, 0.6) is 0 Å². The van der Waals surface area contributed by atoms with Gasteiger partial charge in [0.05, 0.1) is 0 Å². The van der Waals surface area contributed by atoms with E-state index in [9.17, 15) is 0 Å². The summed E-state index contributed by atoms with van der Waals surface area (Å²) >= 11 is 0. The summed E-state index contributed by atoms with van der Waals surface area (Å²) in [5.41, 5.74) is 2.66. The van der Waals surface area contributed by atoms with E-state index in [4.69, 9.17) is 0 Å². The number of hydrogen-bond donors (Lipinski definition) is 1. The number of rotatable bonds is 4. The van der Waals surface area contributed by atoms with Gasteiger partial charge in [0, 0.05) is 30.9 Å². The van der Waals surface area contributed by atoms with Gasteiger partial charge in [0.2, 0.25) is 0 Å². The van der Waals surface area contributed by atoms with Gasteiger partial charge in [-0.3, -0.25) is 4.90 Å². The van der Waals surface area contributed by atoms with Gasteiger partial charge in [0.1, 0.15) is 0 Å². The Morgan fingerprint density at radius 1 is 1.10 bits per heavy atom. The second-order valence-corrected chi connectivity index (χ2v) is 6.57. The number of fused-ring (bicyclic) bond motifs is 1. The van der Waals surface area contributed by atoms with Crippen LogP contribution in [0.25, 0.3) is 0 Å². The van der Waals surface area contributed by atoms with Crippen molar-refractivity contribution in [3.05, 3.63) is 29.8 Å². The third kappa shape index (κ3) is 3.15. The van der Waals surface area contributed by atoms with E-state index in [0.717, 1.165) is 12.6 Å². The minimum atomic E-state index is 0.648. The lowest BCUT2D eigenvalue weighted by Gasteiger charge is -2.33. The molecular weight excluding hydrogens is 246 g/mol. The molecule has 2 unspecified atom stereocenters. The highest BCUT2D eigenvalue weighted by Crippen LogP contribution is 2.29.